The Hall–Kier alpha value is -2.08. The molecule has 0 bridgehead atoms. The van der Waals surface area contributed by atoms with Crippen molar-refractivity contribution in [3.63, 3.8) is 0 Å². The van der Waals surface area contributed by atoms with Crippen LogP contribution in [0.25, 0.3) is 0 Å². The lowest BCUT2D eigenvalue weighted by atomic mass is 9.84. The van der Waals surface area contributed by atoms with Crippen LogP contribution < -0.4 is 0 Å². The second-order valence-corrected chi connectivity index (χ2v) is 5.47. The van der Waals surface area contributed by atoms with Crippen molar-refractivity contribution in [1.29, 1.82) is 0 Å². The lowest BCUT2D eigenvalue weighted by Crippen LogP contribution is -2.06. The van der Waals surface area contributed by atoms with Gasteiger partial charge < -0.3 is 0 Å². The van der Waals surface area contributed by atoms with Gasteiger partial charge in [0, 0.05) is 5.92 Å². The molecule has 0 saturated carbocycles. The van der Waals surface area contributed by atoms with E-state index in [0.717, 1.165) is 12.8 Å². The van der Waals surface area contributed by atoms with E-state index in [0.29, 0.717) is 5.92 Å². The van der Waals surface area contributed by atoms with Gasteiger partial charge in [0.05, 0.1) is 0 Å². The number of hydrogen-bond acceptors (Lipinski definition) is 0. The Kier molecular flexibility index (Phi) is 3.83. The highest BCUT2D eigenvalue weighted by Gasteiger charge is 2.20. The Morgan fingerprint density at radius 1 is 0.900 bits per heavy atom. The highest BCUT2D eigenvalue weighted by atomic mass is 14.2. The summed E-state index contributed by atoms with van der Waals surface area (Å²) in [5.74, 6) is 0.494. The SMILES string of the molecule is CC1=C(C(Cc2ccccc2)c2ccccc2)CC=C1. The molecule has 2 aromatic rings. The van der Waals surface area contributed by atoms with Gasteiger partial charge in [0.1, 0.15) is 0 Å². The van der Waals surface area contributed by atoms with Crippen LogP contribution in [0.15, 0.2) is 84.0 Å². The predicted octanol–water partition coefficient (Wildman–Crippen LogP) is 5.29. The molecule has 0 saturated heterocycles. The fourth-order valence-electron chi connectivity index (χ4n) is 3.03. The van der Waals surface area contributed by atoms with E-state index >= 15 is 0 Å². The first-order valence-corrected chi connectivity index (χ1v) is 7.29. The zero-order chi connectivity index (χ0) is 13.8. The van der Waals surface area contributed by atoms with Crippen LogP contribution in [-0.2, 0) is 6.42 Å². The maximum Gasteiger partial charge on any atom is 0.00973 e. The first-order chi connectivity index (χ1) is 9.84. The van der Waals surface area contributed by atoms with Gasteiger partial charge in [0.25, 0.3) is 0 Å². The summed E-state index contributed by atoms with van der Waals surface area (Å²) >= 11 is 0. The van der Waals surface area contributed by atoms with Crippen LogP contribution in [0.3, 0.4) is 0 Å². The van der Waals surface area contributed by atoms with Crippen LogP contribution in [-0.4, -0.2) is 0 Å². The quantitative estimate of drug-likeness (QED) is 0.700. The molecule has 0 N–H and O–H groups in total. The van der Waals surface area contributed by atoms with Gasteiger partial charge in [-0.2, -0.15) is 0 Å². The summed E-state index contributed by atoms with van der Waals surface area (Å²) in [7, 11) is 0. The molecule has 20 heavy (non-hydrogen) atoms. The molecule has 0 amide bonds. The Morgan fingerprint density at radius 2 is 1.55 bits per heavy atom. The molecule has 1 unspecified atom stereocenters. The fraction of sp³-hybridized carbons (Fsp3) is 0.200. The molecule has 0 aromatic heterocycles. The zero-order valence-corrected chi connectivity index (χ0v) is 11.9. The lowest BCUT2D eigenvalue weighted by Gasteiger charge is -2.20. The molecule has 0 heteroatoms. The van der Waals surface area contributed by atoms with Crippen LogP contribution in [0.5, 0.6) is 0 Å². The third-order valence-electron chi connectivity index (χ3n) is 4.12. The van der Waals surface area contributed by atoms with Gasteiger partial charge in [-0.1, -0.05) is 84.0 Å². The van der Waals surface area contributed by atoms with Crippen LogP contribution in [0.4, 0.5) is 0 Å². The zero-order valence-electron chi connectivity index (χ0n) is 11.9. The van der Waals surface area contributed by atoms with E-state index in [2.05, 4.69) is 79.7 Å². The molecule has 1 atom stereocenters. The van der Waals surface area contributed by atoms with Crippen LogP contribution >= 0.6 is 0 Å². The summed E-state index contributed by atoms with van der Waals surface area (Å²) in [6, 6.07) is 21.7. The van der Waals surface area contributed by atoms with Gasteiger partial charge in [-0.15, -0.1) is 0 Å². The molecule has 1 aliphatic carbocycles. The summed E-state index contributed by atoms with van der Waals surface area (Å²) < 4.78 is 0. The van der Waals surface area contributed by atoms with Crippen LogP contribution in [0.2, 0.25) is 0 Å². The smallest absolute Gasteiger partial charge is 0.00973 e. The Bertz CT molecular complexity index is 618. The lowest BCUT2D eigenvalue weighted by molar-refractivity contribution is 0.765. The molecule has 0 fully saturated rings. The third kappa shape index (κ3) is 2.75. The molecule has 1 aliphatic rings. The molecule has 0 heterocycles. The highest BCUT2D eigenvalue weighted by Crippen LogP contribution is 2.35. The molecule has 0 nitrogen and oxygen atoms in total. The summed E-state index contributed by atoms with van der Waals surface area (Å²) in [5.41, 5.74) is 5.85. The maximum absolute atomic E-state index is 2.28. The van der Waals surface area contributed by atoms with Crippen molar-refractivity contribution in [3.8, 4) is 0 Å². The predicted molar refractivity (Wildman–Crippen MR) is 85.8 cm³/mol. The summed E-state index contributed by atoms with van der Waals surface area (Å²) in [5, 5.41) is 0. The average molecular weight is 260 g/mol. The maximum atomic E-state index is 2.28. The van der Waals surface area contributed by atoms with Crippen LogP contribution in [0, 0.1) is 0 Å². The average Bonchev–Trinajstić information content (AvgIpc) is 2.93. The minimum absolute atomic E-state index is 0.494. The van der Waals surface area contributed by atoms with Gasteiger partial charge in [-0.05, 0) is 30.9 Å². The van der Waals surface area contributed by atoms with Gasteiger partial charge in [-0.3, -0.25) is 0 Å². The first-order valence-electron chi connectivity index (χ1n) is 7.29. The van der Waals surface area contributed by atoms with Crippen LogP contribution in [0.1, 0.15) is 30.4 Å². The minimum Gasteiger partial charge on any atom is -0.0802 e. The van der Waals surface area contributed by atoms with E-state index in [-0.39, 0.29) is 0 Å². The van der Waals surface area contributed by atoms with Crippen molar-refractivity contribution in [1.82, 2.24) is 0 Å². The molecular weight excluding hydrogens is 240 g/mol. The van der Waals surface area contributed by atoms with Crippen molar-refractivity contribution >= 4 is 0 Å². The van der Waals surface area contributed by atoms with E-state index in [1.807, 2.05) is 0 Å². The summed E-state index contributed by atoms with van der Waals surface area (Å²) in [6.07, 6.45) is 6.72. The minimum atomic E-state index is 0.494. The summed E-state index contributed by atoms with van der Waals surface area (Å²) in [6.45, 7) is 2.24. The van der Waals surface area contributed by atoms with Gasteiger partial charge in [0.2, 0.25) is 0 Å². The van der Waals surface area contributed by atoms with Gasteiger partial charge in [-0.25, -0.2) is 0 Å². The van der Waals surface area contributed by atoms with Gasteiger partial charge >= 0.3 is 0 Å². The first kappa shape index (κ1) is 12.9. The van der Waals surface area contributed by atoms with Crippen molar-refractivity contribution in [2.24, 2.45) is 0 Å². The number of allylic oxidation sites excluding steroid dienone is 4. The van der Waals surface area contributed by atoms with E-state index in [4.69, 9.17) is 0 Å². The molecule has 100 valence electrons. The van der Waals surface area contributed by atoms with Crippen molar-refractivity contribution in [3.05, 3.63) is 95.1 Å². The second kappa shape index (κ2) is 5.92. The van der Waals surface area contributed by atoms with E-state index in [1.165, 1.54) is 16.7 Å². The fourth-order valence-corrected chi connectivity index (χ4v) is 3.03. The Morgan fingerprint density at radius 3 is 2.15 bits per heavy atom. The van der Waals surface area contributed by atoms with Crippen molar-refractivity contribution in [2.75, 3.05) is 0 Å². The second-order valence-electron chi connectivity index (χ2n) is 5.47. The molecule has 3 rings (SSSR count). The Balaban J connectivity index is 1.95. The van der Waals surface area contributed by atoms with Crippen molar-refractivity contribution in [2.45, 2.75) is 25.7 Å². The molecule has 0 aliphatic heterocycles. The van der Waals surface area contributed by atoms with Gasteiger partial charge in [0.15, 0.2) is 0 Å². The van der Waals surface area contributed by atoms with E-state index < -0.39 is 0 Å². The van der Waals surface area contributed by atoms with E-state index in [9.17, 15) is 0 Å². The number of rotatable bonds is 4. The third-order valence-corrected chi connectivity index (χ3v) is 4.12. The standard InChI is InChI=1S/C20H20/c1-16-9-8-14-19(16)20(18-12-6-3-7-13-18)15-17-10-4-2-5-11-17/h2-13,20H,14-15H2,1H3. The highest BCUT2D eigenvalue weighted by molar-refractivity contribution is 5.41. The topological polar surface area (TPSA) is 0 Å². The number of benzene rings is 2. The molecule has 0 spiro atoms. The normalized spacial score (nSPS) is 15.7. The Labute approximate surface area is 121 Å². The monoisotopic (exact) mass is 260 g/mol. The van der Waals surface area contributed by atoms with Crippen molar-refractivity contribution < 1.29 is 0 Å². The molecule has 2 aromatic carbocycles. The van der Waals surface area contributed by atoms with E-state index in [1.54, 1.807) is 5.57 Å². The summed E-state index contributed by atoms with van der Waals surface area (Å²) in [4.78, 5) is 0. The molecule has 0 radical (unpaired) electrons. The largest absolute Gasteiger partial charge is 0.0802 e. The number of hydrogen-bond donors (Lipinski definition) is 0. The molecular formula is C20H20.